The van der Waals surface area contributed by atoms with E-state index < -0.39 is 10.9 Å². The number of esters is 1. The van der Waals surface area contributed by atoms with Gasteiger partial charge in [0.05, 0.1) is 4.92 Å². The molecule has 0 aliphatic heterocycles. The molecule has 0 N–H and O–H groups in total. The van der Waals surface area contributed by atoms with Gasteiger partial charge < -0.3 is 9.47 Å². The van der Waals surface area contributed by atoms with Crippen molar-refractivity contribution in [3.8, 4) is 11.5 Å². The number of non-ortho nitro benzene ring substituents is 1. The van der Waals surface area contributed by atoms with Gasteiger partial charge in [-0.1, -0.05) is 38.5 Å². The zero-order chi connectivity index (χ0) is 19.5. The Morgan fingerprint density at radius 1 is 1.08 bits per heavy atom. The minimum Gasteiger partial charge on any atom is -0.482 e. The van der Waals surface area contributed by atoms with Crippen molar-refractivity contribution in [2.24, 2.45) is 0 Å². The molecule has 0 aliphatic rings. The van der Waals surface area contributed by atoms with E-state index in [1.54, 1.807) is 13.0 Å². The summed E-state index contributed by atoms with van der Waals surface area (Å²) in [5.74, 6) is 0.390. The lowest BCUT2D eigenvalue weighted by atomic mass is 9.85. The molecule has 2 rings (SSSR count). The molecule has 6 nitrogen and oxygen atoms in total. The van der Waals surface area contributed by atoms with Crippen molar-refractivity contribution >= 4 is 11.7 Å². The van der Waals surface area contributed by atoms with Crippen LogP contribution in [0.5, 0.6) is 11.5 Å². The molecule has 0 saturated carbocycles. The maximum atomic E-state index is 12.2. The van der Waals surface area contributed by atoms with E-state index in [0.29, 0.717) is 17.1 Å². The molecule has 26 heavy (non-hydrogen) atoms. The summed E-state index contributed by atoms with van der Waals surface area (Å²) in [7, 11) is 0. The summed E-state index contributed by atoms with van der Waals surface area (Å²) in [5, 5.41) is 10.8. The number of aryl methyl sites for hydroxylation is 2. The highest BCUT2D eigenvalue weighted by molar-refractivity contribution is 5.74. The number of carbonyl (C=O) groups excluding carboxylic acids is 1. The highest BCUT2D eigenvalue weighted by atomic mass is 16.6. The fraction of sp³-hybridized carbons (Fsp3) is 0.350. The first-order valence-corrected chi connectivity index (χ1v) is 8.27. The Bertz CT molecular complexity index is 837. The SMILES string of the molecule is Cc1ccc(OC(=O)COc2ccc([N+](=O)[O-])cc2C)c(C(C)(C)C)c1. The number of ether oxygens (including phenoxy) is 2. The van der Waals surface area contributed by atoms with Crippen LogP contribution in [0.25, 0.3) is 0 Å². The third-order valence-corrected chi connectivity index (χ3v) is 3.88. The minimum absolute atomic E-state index is 0.0214. The van der Waals surface area contributed by atoms with E-state index in [1.165, 1.54) is 18.2 Å². The number of carbonyl (C=O) groups is 1. The van der Waals surface area contributed by atoms with Crippen LogP contribution in [-0.4, -0.2) is 17.5 Å². The number of hydrogen-bond donors (Lipinski definition) is 0. The van der Waals surface area contributed by atoms with Gasteiger partial charge in [-0.15, -0.1) is 0 Å². The summed E-state index contributed by atoms with van der Waals surface area (Å²) in [6.45, 7) is 9.55. The zero-order valence-electron chi connectivity index (χ0n) is 15.7. The zero-order valence-corrected chi connectivity index (χ0v) is 15.7. The minimum atomic E-state index is -0.530. The molecular formula is C20H23NO5. The number of nitro groups is 1. The Morgan fingerprint density at radius 3 is 2.31 bits per heavy atom. The van der Waals surface area contributed by atoms with Crippen LogP contribution in [0.2, 0.25) is 0 Å². The van der Waals surface area contributed by atoms with E-state index in [4.69, 9.17) is 9.47 Å². The molecule has 138 valence electrons. The Hall–Kier alpha value is -2.89. The van der Waals surface area contributed by atoms with Crippen LogP contribution in [0.4, 0.5) is 5.69 Å². The highest BCUT2D eigenvalue weighted by Gasteiger charge is 2.21. The van der Waals surface area contributed by atoms with E-state index in [1.807, 2.05) is 19.1 Å². The number of benzene rings is 2. The fourth-order valence-electron chi connectivity index (χ4n) is 2.52. The first-order chi connectivity index (χ1) is 12.1. The molecular weight excluding hydrogens is 334 g/mol. The maximum Gasteiger partial charge on any atom is 0.349 e. The van der Waals surface area contributed by atoms with Crippen LogP contribution in [0.1, 0.15) is 37.5 Å². The second-order valence-electron chi connectivity index (χ2n) is 7.22. The molecule has 0 saturated heterocycles. The van der Waals surface area contributed by atoms with Crippen molar-refractivity contribution in [1.82, 2.24) is 0 Å². The van der Waals surface area contributed by atoms with Crippen molar-refractivity contribution in [3.05, 3.63) is 63.2 Å². The Kier molecular flexibility index (Phi) is 5.65. The standard InChI is InChI=1S/C20H23NO5/c1-13-6-8-18(16(10-13)20(3,4)5)26-19(22)12-25-17-9-7-15(21(23)24)11-14(17)2/h6-11H,12H2,1-5H3. The molecule has 0 unspecified atom stereocenters. The normalized spacial score (nSPS) is 11.1. The molecule has 0 radical (unpaired) electrons. The van der Waals surface area contributed by atoms with Crippen LogP contribution >= 0.6 is 0 Å². The van der Waals surface area contributed by atoms with E-state index in [2.05, 4.69) is 20.8 Å². The summed E-state index contributed by atoms with van der Waals surface area (Å²) >= 11 is 0. The van der Waals surface area contributed by atoms with Crippen molar-refractivity contribution < 1.29 is 19.2 Å². The van der Waals surface area contributed by atoms with Gasteiger partial charge in [0.1, 0.15) is 11.5 Å². The topological polar surface area (TPSA) is 78.7 Å². The van der Waals surface area contributed by atoms with Gasteiger partial charge in [-0.25, -0.2) is 4.79 Å². The van der Waals surface area contributed by atoms with Gasteiger partial charge in [-0.05, 0) is 37.0 Å². The average molecular weight is 357 g/mol. The van der Waals surface area contributed by atoms with Gasteiger partial charge in [-0.3, -0.25) is 10.1 Å². The lowest BCUT2D eigenvalue weighted by molar-refractivity contribution is -0.384. The number of nitro benzene ring substituents is 1. The molecule has 0 fully saturated rings. The van der Waals surface area contributed by atoms with Crippen LogP contribution in [-0.2, 0) is 10.2 Å². The predicted molar refractivity (Wildman–Crippen MR) is 98.8 cm³/mol. The monoisotopic (exact) mass is 357 g/mol. The molecule has 0 aromatic heterocycles. The largest absolute Gasteiger partial charge is 0.482 e. The fourth-order valence-corrected chi connectivity index (χ4v) is 2.52. The lowest BCUT2D eigenvalue weighted by Crippen LogP contribution is -2.21. The smallest absolute Gasteiger partial charge is 0.349 e. The summed E-state index contributed by atoms with van der Waals surface area (Å²) in [6, 6.07) is 9.89. The summed E-state index contributed by atoms with van der Waals surface area (Å²) in [5.41, 5.74) is 2.42. The maximum absolute atomic E-state index is 12.2. The quantitative estimate of drug-likeness (QED) is 0.341. The molecule has 2 aromatic rings. The van der Waals surface area contributed by atoms with E-state index in [9.17, 15) is 14.9 Å². The average Bonchev–Trinajstić information content (AvgIpc) is 2.54. The molecule has 6 heteroatoms. The van der Waals surface area contributed by atoms with Gasteiger partial charge in [0.2, 0.25) is 0 Å². The second kappa shape index (κ2) is 7.56. The number of hydrogen-bond acceptors (Lipinski definition) is 5. The lowest BCUT2D eigenvalue weighted by Gasteiger charge is -2.22. The molecule has 0 heterocycles. The highest BCUT2D eigenvalue weighted by Crippen LogP contribution is 2.32. The van der Waals surface area contributed by atoms with Crippen LogP contribution < -0.4 is 9.47 Å². The van der Waals surface area contributed by atoms with E-state index in [0.717, 1.165) is 11.1 Å². The second-order valence-corrected chi connectivity index (χ2v) is 7.22. The molecule has 0 aliphatic carbocycles. The van der Waals surface area contributed by atoms with Crippen LogP contribution in [0, 0.1) is 24.0 Å². The van der Waals surface area contributed by atoms with Crippen molar-refractivity contribution in [1.29, 1.82) is 0 Å². The van der Waals surface area contributed by atoms with Crippen molar-refractivity contribution in [2.75, 3.05) is 6.61 Å². The predicted octanol–water partition coefficient (Wildman–Crippen LogP) is 4.49. The van der Waals surface area contributed by atoms with Gasteiger partial charge in [0.25, 0.3) is 5.69 Å². The Balaban J connectivity index is 2.08. The Labute approximate surface area is 152 Å². The van der Waals surface area contributed by atoms with E-state index in [-0.39, 0.29) is 17.7 Å². The van der Waals surface area contributed by atoms with Crippen LogP contribution in [0.3, 0.4) is 0 Å². The van der Waals surface area contributed by atoms with Gasteiger partial charge >= 0.3 is 5.97 Å². The Morgan fingerprint density at radius 2 is 1.73 bits per heavy atom. The summed E-state index contributed by atoms with van der Waals surface area (Å²) < 4.78 is 10.9. The van der Waals surface area contributed by atoms with Crippen molar-refractivity contribution in [2.45, 2.75) is 40.0 Å². The third kappa shape index (κ3) is 4.81. The molecule has 0 bridgehead atoms. The number of rotatable bonds is 5. The summed E-state index contributed by atoms with van der Waals surface area (Å²) in [6.07, 6.45) is 0. The van der Waals surface area contributed by atoms with Crippen LogP contribution in [0.15, 0.2) is 36.4 Å². The molecule has 0 spiro atoms. The van der Waals surface area contributed by atoms with Crippen molar-refractivity contribution in [3.63, 3.8) is 0 Å². The molecule has 0 amide bonds. The number of nitrogens with zero attached hydrogens (tertiary/aromatic N) is 1. The third-order valence-electron chi connectivity index (χ3n) is 3.88. The first kappa shape index (κ1) is 19.4. The first-order valence-electron chi connectivity index (χ1n) is 8.27. The van der Waals surface area contributed by atoms with Gasteiger partial charge in [-0.2, -0.15) is 0 Å². The van der Waals surface area contributed by atoms with E-state index >= 15 is 0 Å². The van der Waals surface area contributed by atoms with Gasteiger partial charge in [0, 0.05) is 17.7 Å². The summed E-state index contributed by atoms with van der Waals surface area (Å²) in [4.78, 5) is 22.5. The molecule has 2 aromatic carbocycles. The van der Waals surface area contributed by atoms with Gasteiger partial charge in [0.15, 0.2) is 6.61 Å². The molecule has 0 atom stereocenters.